The molecule has 0 aliphatic heterocycles. The number of hydrogen-bond acceptors (Lipinski definition) is 2. The first-order valence-electron chi connectivity index (χ1n) is 0.494. The van der Waals surface area contributed by atoms with Crippen molar-refractivity contribution in [2.24, 2.45) is 0 Å². The Morgan fingerprint density at radius 2 is 1.80 bits per heavy atom. The monoisotopic (exact) mass is 89.0 g/mol. The van der Waals surface area contributed by atoms with Crippen LogP contribution in [0.25, 0.3) is 0 Å². The fraction of sp³-hybridized carbons (Fsp3) is 0. The summed E-state index contributed by atoms with van der Waals surface area (Å²) in [5.41, 5.74) is 0. The summed E-state index contributed by atoms with van der Waals surface area (Å²) in [6, 6.07) is 0. The molecule has 3 nitrogen and oxygen atoms in total. The van der Waals surface area contributed by atoms with Gasteiger partial charge in [0.05, 0.1) is 0 Å². The van der Waals surface area contributed by atoms with Crippen molar-refractivity contribution < 1.29 is 12.8 Å². The van der Waals surface area contributed by atoms with Crippen LogP contribution in [0.1, 0.15) is 2.85 Å². The Morgan fingerprint density at radius 3 is 1.80 bits per heavy atom. The summed E-state index contributed by atoms with van der Waals surface area (Å²) < 4.78 is 0. The van der Waals surface area contributed by atoms with E-state index in [9.17, 15) is 0 Å². The van der Waals surface area contributed by atoms with Crippen molar-refractivity contribution >= 4 is 29.5 Å². The van der Waals surface area contributed by atoms with E-state index >= 15 is 0 Å². The van der Waals surface area contributed by atoms with Gasteiger partial charge in [-0.3, -0.25) is 4.79 Å². The molecule has 0 bridgehead atoms. The molecular formula is CH7MgNO2. The second-order valence-corrected chi connectivity index (χ2v) is 0.105. The SMILES string of the molecule is N.O=CO.[H-].[H-].[Mg+2]. The number of carboxylic acid groups (broad SMARTS) is 1. The van der Waals surface area contributed by atoms with Gasteiger partial charge in [0.1, 0.15) is 0 Å². The third-order valence-corrected chi connectivity index (χ3v) is 0. The van der Waals surface area contributed by atoms with Crippen molar-refractivity contribution in [3.63, 3.8) is 0 Å². The van der Waals surface area contributed by atoms with Crippen LogP contribution in [-0.2, 0) is 4.79 Å². The number of rotatable bonds is 0. The summed E-state index contributed by atoms with van der Waals surface area (Å²) in [6.45, 7) is -0.250. The van der Waals surface area contributed by atoms with Gasteiger partial charge in [-0.15, -0.1) is 0 Å². The van der Waals surface area contributed by atoms with Gasteiger partial charge in [0.2, 0.25) is 0 Å². The average molecular weight is 89.4 g/mol. The minimum Gasteiger partial charge on any atom is -1.00 e. The van der Waals surface area contributed by atoms with Crippen LogP contribution in [0.15, 0.2) is 0 Å². The molecule has 0 aromatic carbocycles. The van der Waals surface area contributed by atoms with E-state index in [4.69, 9.17) is 9.90 Å². The summed E-state index contributed by atoms with van der Waals surface area (Å²) >= 11 is 0. The van der Waals surface area contributed by atoms with Crippen LogP contribution in [0.4, 0.5) is 0 Å². The Morgan fingerprint density at radius 1 is 1.80 bits per heavy atom. The van der Waals surface area contributed by atoms with E-state index in [1.807, 2.05) is 0 Å². The molecule has 0 atom stereocenters. The first kappa shape index (κ1) is 19.0. The Balaban J connectivity index is -0.00000000333. The number of hydrogen-bond donors (Lipinski definition) is 2. The molecule has 0 aromatic heterocycles. The molecular weight excluding hydrogens is 82.3 g/mol. The summed E-state index contributed by atoms with van der Waals surface area (Å²) in [5.74, 6) is 0. The Hall–Kier alpha value is 0.196. The van der Waals surface area contributed by atoms with E-state index in [1.54, 1.807) is 0 Å². The Labute approximate surface area is 49.1 Å². The van der Waals surface area contributed by atoms with E-state index in [0.29, 0.717) is 0 Å². The van der Waals surface area contributed by atoms with Crippen molar-refractivity contribution in [3.05, 3.63) is 0 Å². The van der Waals surface area contributed by atoms with E-state index in [2.05, 4.69) is 0 Å². The summed E-state index contributed by atoms with van der Waals surface area (Å²) in [5, 5.41) is 6.89. The van der Waals surface area contributed by atoms with Crippen molar-refractivity contribution in [2.45, 2.75) is 0 Å². The molecule has 0 aliphatic rings. The maximum Gasteiger partial charge on any atom is 2.00 e. The zero-order valence-electron chi connectivity index (χ0n) is 4.85. The summed E-state index contributed by atoms with van der Waals surface area (Å²) in [6.07, 6.45) is 0. The fourth-order valence-corrected chi connectivity index (χ4v) is 0. The minimum absolute atomic E-state index is 0. The van der Waals surface area contributed by atoms with Gasteiger partial charge in [0.15, 0.2) is 0 Å². The standard InChI is InChI=1S/CH2O2.Mg.H3N.2H/c2-1-3;;;;/h1H,(H,2,3);;1H3;;/q;+2;;2*-1. The van der Waals surface area contributed by atoms with Crippen LogP contribution < -0.4 is 6.15 Å². The Kier molecular flexibility index (Phi) is 114. The van der Waals surface area contributed by atoms with Gasteiger partial charge in [-0.2, -0.15) is 0 Å². The summed E-state index contributed by atoms with van der Waals surface area (Å²) in [4.78, 5) is 8.36. The maximum absolute atomic E-state index is 8.36. The molecule has 0 radical (unpaired) electrons. The molecule has 0 amide bonds. The normalized spacial score (nSPS) is 2.40. The molecule has 0 fully saturated rings. The maximum atomic E-state index is 8.36. The molecule has 0 aromatic rings. The molecule has 0 heterocycles. The smallest absolute Gasteiger partial charge is 1.00 e. The number of carbonyl (C=O) groups is 1. The topological polar surface area (TPSA) is 72.3 Å². The quantitative estimate of drug-likeness (QED) is 0.316. The molecule has 5 heavy (non-hydrogen) atoms. The fourth-order valence-electron chi connectivity index (χ4n) is 0. The van der Waals surface area contributed by atoms with Gasteiger partial charge in [-0.25, -0.2) is 0 Å². The first-order chi connectivity index (χ1) is 1.41. The van der Waals surface area contributed by atoms with Crippen molar-refractivity contribution in [1.29, 1.82) is 0 Å². The predicted molar refractivity (Wildman–Crippen MR) is 21.7 cm³/mol. The zero-order chi connectivity index (χ0) is 2.71. The van der Waals surface area contributed by atoms with E-state index < -0.39 is 0 Å². The van der Waals surface area contributed by atoms with Crippen LogP contribution in [0.5, 0.6) is 0 Å². The van der Waals surface area contributed by atoms with E-state index in [1.165, 1.54) is 0 Å². The van der Waals surface area contributed by atoms with Gasteiger partial charge in [-0.1, -0.05) is 0 Å². The average Bonchev–Trinajstić information content (AvgIpc) is 0.918. The van der Waals surface area contributed by atoms with Gasteiger partial charge >= 0.3 is 23.1 Å². The third kappa shape index (κ3) is 526. The van der Waals surface area contributed by atoms with Crippen LogP contribution in [-0.4, -0.2) is 34.6 Å². The molecule has 0 spiro atoms. The molecule has 0 rings (SSSR count). The predicted octanol–water partition coefficient (Wildman–Crippen LogP) is -0.293. The molecule has 0 saturated carbocycles. The third-order valence-electron chi connectivity index (χ3n) is 0. The first-order valence-corrected chi connectivity index (χ1v) is 0.494. The largest absolute Gasteiger partial charge is 2.00 e. The molecule has 0 aliphatic carbocycles. The van der Waals surface area contributed by atoms with Gasteiger partial charge in [0.25, 0.3) is 6.47 Å². The second-order valence-electron chi connectivity index (χ2n) is 0.105. The van der Waals surface area contributed by atoms with Crippen LogP contribution in [0.2, 0.25) is 0 Å². The van der Waals surface area contributed by atoms with Crippen LogP contribution in [0, 0.1) is 0 Å². The molecule has 30 valence electrons. The van der Waals surface area contributed by atoms with Crippen molar-refractivity contribution in [1.82, 2.24) is 6.15 Å². The van der Waals surface area contributed by atoms with E-state index in [-0.39, 0.29) is 38.5 Å². The second kappa shape index (κ2) is 30.0. The zero-order valence-corrected chi connectivity index (χ0v) is 4.26. The van der Waals surface area contributed by atoms with Crippen molar-refractivity contribution in [2.75, 3.05) is 0 Å². The summed E-state index contributed by atoms with van der Waals surface area (Å²) in [7, 11) is 0. The molecule has 4 heteroatoms. The van der Waals surface area contributed by atoms with Crippen LogP contribution in [0.3, 0.4) is 0 Å². The molecule has 0 saturated heterocycles. The van der Waals surface area contributed by atoms with Gasteiger partial charge < -0.3 is 14.1 Å². The Bertz CT molecular complexity index is 23.2. The van der Waals surface area contributed by atoms with Gasteiger partial charge in [0, 0.05) is 0 Å². The van der Waals surface area contributed by atoms with E-state index in [0.717, 1.165) is 0 Å². The minimum atomic E-state index is -0.250. The molecule has 0 unspecified atom stereocenters. The molecule has 4 N–H and O–H groups in total. The van der Waals surface area contributed by atoms with Gasteiger partial charge in [-0.05, 0) is 0 Å². The van der Waals surface area contributed by atoms with Crippen molar-refractivity contribution in [3.8, 4) is 0 Å². The van der Waals surface area contributed by atoms with Crippen LogP contribution >= 0.6 is 0 Å².